The highest BCUT2D eigenvalue weighted by molar-refractivity contribution is 8.16. The Hall–Kier alpha value is -1.60. The number of ether oxygens (including phenoxy) is 1. The molecule has 0 atom stereocenters. The Kier molecular flexibility index (Phi) is 6.31. The summed E-state index contributed by atoms with van der Waals surface area (Å²) >= 11 is 4.00. The Morgan fingerprint density at radius 1 is 1.32 bits per heavy atom. The maximum Gasteiger partial charge on any atom is 0.260 e. The van der Waals surface area contributed by atoms with Crippen LogP contribution in [0.25, 0.3) is 0 Å². The van der Waals surface area contributed by atoms with E-state index in [1.807, 2.05) is 48.9 Å². The van der Waals surface area contributed by atoms with Crippen LogP contribution in [-0.4, -0.2) is 45.7 Å². The van der Waals surface area contributed by atoms with E-state index < -0.39 is 0 Å². The van der Waals surface area contributed by atoms with Crippen molar-refractivity contribution in [3.8, 4) is 5.75 Å². The number of carbonyl (C=O) groups is 1. The second-order valence-electron chi connectivity index (χ2n) is 6.06. The molecule has 7 heteroatoms. The van der Waals surface area contributed by atoms with Crippen LogP contribution in [0.5, 0.6) is 5.75 Å². The fourth-order valence-corrected chi connectivity index (χ4v) is 5.47. The Morgan fingerprint density at radius 2 is 2.04 bits per heavy atom. The zero-order valence-electron chi connectivity index (χ0n) is 14.6. The molecule has 1 saturated heterocycles. The number of thioether (sulfide) groups is 2. The first-order valence-corrected chi connectivity index (χ1v) is 10.4. The average Bonchev–Trinajstić information content (AvgIpc) is 3.05. The van der Waals surface area contributed by atoms with Gasteiger partial charge in [-0.25, -0.2) is 0 Å². The van der Waals surface area contributed by atoms with Crippen molar-refractivity contribution in [1.29, 1.82) is 0 Å². The maximum atomic E-state index is 12.2. The quantitative estimate of drug-likeness (QED) is 0.773. The highest BCUT2D eigenvalue weighted by Crippen LogP contribution is 2.43. The fraction of sp³-hybridized carbons (Fsp3) is 0.444. The van der Waals surface area contributed by atoms with E-state index in [0.29, 0.717) is 11.1 Å². The summed E-state index contributed by atoms with van der Waals surface area (Å²) in [6, 6.07) is 8.13. The second-order valence-corrected chi connectivity index (χ2v) is 8.78. The molecule has 1 aromatic carbocycles. The van der Waals surface area contributed by atoms with Gasteiger partial charge in [0.2, 0.25) is 0 Å². The van der Waals surface area contributed by atoms with Crippen LogP contribution in [0.15, 0.2) is 36.7 Å². The van der Waals surface area contributed by atoms with Crippen LogP contribution < -0.4 is 4.74 Å². The van der Waals surface area contributed by atoms with E-state index in [2.05, 4.69) is 17.2 Å². The summed E-state index contributed by atoms with van der Waals surface area (Å²) < 4.78 is 7.90. The maximum absolute atomic E-state index is 12.2. The minimum atomic E-state index is -0.0497. The largest absolute Gasteiger partial charge is 0.484 e. The van der Waals surface area contributed by atoms with Gasteiger partial charge in [-0.05, 0) is 35.6 Å². The molecule has 0 saturated carbocycles. The van der Waals surface area contributed by atoms with E-state index in [9.17, 15) is 4.79 Å². The lowest BCUT2D eigenvalue weighted by molar-refractivity contribution is -0.132. The zero-order valence-corrected chi connectivity index (χ0v) is 16.2. The molecule has 1 aliphatic rings. The monoisotopic (exact) mass is 377 g/mol. The normalized spacial score (nSPS) is 15.1. The van der Waals surface area contributed by atoms with Gasteiger partial charge in [0, 0.05) is 32.4 Å². The lowest BCUT2D eigenvalue weighted by Crippen LogP contribution is -2.30. The van der Waals surface area contributed by atoms with Crippen molar-refractivity contribution in [2.75, 3.05) is 25.2 Å². The number of likely N-dealkylation sites (N-methyl/N-ethyl adjacent to an activating group) is 1. The van der Waals surface area contributed by atoms with Crippen LogP contribution in [0.4, 0.5) is 0 Å². The number of aryl methyl sites for hydroxylation is 1. The van der Waals surface area contributed by atoms with Crippen molar-refractivity contribution in [3.05, 3.63) is 47.8 Å². The predicted molar refractivity (Wildman–Crippen MR) is 104 cm³/mol. The Bertz CT molecular complexity index is 697. The van der Waals surface area contributed by atoms with Crippen molar-refractivity contribution in [1.82, 2.24) is 14.7 Å². The zero-order chi connectivity index (χ0) is 17.6. The topological polar surface area (TPSA) is 47.4 Å². The fourth-order valence-electron chi connectivity index (χ4n) is 2.57. The molecule has 0 N–H and O–H groups in total. The van der Waals surface area contributed by atoms with Crippen LogP contribution in [0.3, 0.4) is 0 Å². The first kappa shape index (κ1) is 18.2. The predicted octanol–water partition coefficient (Wildman–Crippen LogP) is 3.33. The molecule has 3 rings (SSSR count). The van der Waals surface area contributed by atoms with Crippen molar-refractivity contribution >= 4 is 29.4 Å². The number of aromatic nitrogens is 2. The van der Waals surface area contributed by atoms with E-state index in [0.717, 1.165) is 11.3 Å². The standard InChI is InChI=1S/C18H23N3O2S2/c1-20(11-14-10-19-21(2)12-14)17(22)13-23-16-6-4-15(5-7-16)18-24-8-3-9-25-18/h4-7,10,12,18H,3,8-9,11,13H2,1-2H3. The van der Waals surface area contributed by atoms with Gasteiger partial charge in [0.05, 0.1) is 10.8 Å². The van der Waals surface area contributed by atoms with Gasteiger partial charge in [-0.3, -0.25) is 9.48 Å². The van der Waals surface area contributed by atoms with Gasteiger partial charge in [-0.1, -0.05) is 12.1 Å². The molecular weight excluding hydrogens is 354 g/mol. The summed E-state index contributed by atoms with van der Waals surface area (Å²) in [7, 11) is 3.64. The minimum absolute atomic E-state index is 0.0447. The lowest BCUT2D eigenvalue weighted by Gasteiger charge is -2.21. The van der Waals surface area contributed by atoms with Crippen molar-refractivity contribution in [2.24, 2.45) is 7.05 Å². The third kappa shape index (κ3) is 5.19. The van der Waals surface area contributed by atoms with Crippen molar-refractivity contribution in [2.45, 2.75) is 17.5 Å². The summed E-state index contributed by atoms with van der Waals surface area (Å²) in [5.74, 6) is 3.14. The molecule has 2 heterocycles. The Balaban J connectivity index is 1.48. The molecule has 1 amide bonds. The summed E-state index contributed by atoms with van der Waals surface area (Å²) in [5, 5.41) is 4.11. The van der Waals surface area contributed by atoms with Gasteiger partial charge in [0.1, 0.15) is 5.75 Å². The molecule has 25 heavy (non-hydrogen) atoms. The van der Waals surface area contributed by atoms with Gasteiger partial charge in [0.15, 0.2) is 6.61 Å². The van der Waals surface area contributed by atoms with Crippen LogP contribution in [0, 0.1) is 0 Å². The molecule has 2 aromatic rings. The summed E-state index contributed by atoms with van der Waals surface area (Å²) in [4.78, 5) is 13.9. The second kappa shape index (κ2) is 8.67. The lowest BCUT2D eigenvalue weighted by atomic mass is 10.2. The smallest absolute Gasteiger partial charge is 0.260 e. The average molecular weight is 378 g/mol. The number of rotatable bonds is 6. The summed E-state index contributed by atoms with van der Waals surface area (Å²) in [5.41, 5.74) is 2.33. The number of nitrogens with zero attached hydrogens (tertiary/aromatic N) is 3. The highest BCUT2D eigenvalue weighted by Gasteiger charge is 2.16. The van der Waals surface area contributed by atoms with Crippen LogP contribution in [-0.2, 0) is 18.4 Å². The third-order valence-corrected chi connectivity index (χ3v) is 6.96. The van der Waals surface area contributed by atoms with E-state index in [1.165, 1.54) is 23.5 Å². The van der Waals surface area contributed by atoms with E-state index >= 15 is 0 Å². The molecule has 0 unspecified atom stereocenters. The highest BCUT2D eigenvalue weighted by atomic mass is 32.2. The molecule has 0 radical (unpaired) electrons. The number of amides is 1. The van der Waals surface area contributed by atoms with Gasteiger partial charge in [-0.2, -0.15) is 5.10 Å². The molecule has 0 bridgehead atoms. The van der Waals surface area contributed by atoms with Crippen LogP contribution in [0.2, 0.25) is 0 Å². The number of hydrogen-bond acceptors (Lipinski definition) is 5. The molecule has 0 spiro atoms. The molecule has 1 aliphatic heterocycles. The SMILES string of the molecule is CN(Cc1cnn(C)c1)C(=O)COc1ccc(C2SCCCS2)cc1. The Morgan fingerprint density at radius 3 is 2.68 bits per heavy atom. The molecule has 5 nitrogen and oxygen atoms in total. The van der Waals surface area contributed by atoms with Crippen LogP contribution in [0.1, 0.15) is 22.1 Å². The number of carbonyl (C=O) groups excluding carboxylic acids is 1. The third-order valence-electron chi connectivity index (χ3n) is 3.95. The van der Waals surface area contributed by atoms with Crippen molar-refractivity contribution in [3.63, 3.8) is 0 Å². The molecule has 134 valence electrons. The van der Waals surface area contributed by atoms with Gasteiger partial charge >= 0.3 is 0 Å². The first-order chi connectivity index (χ1) is 12.1. The van der Waals surface area contributed by atoms with Crippen molar-refractivity contribution < 1.29 is 9.53 Å². The molecule has 1 aromatic heterocycles. The van der Waals surface area contributed by atoms with Crippen LogP contribution >= 0.6 is 23.5 Å². The molecule has 1 fully saturated rings. The number of benzene rings is 1. The summed E-state index contributed by atoms with van der Waals surface area (Å²) in [6.45, 7) is 0.578. The van der Waals surface area contributed by atoms with E-state index in [-0.39, 0.29) is 12.5 Å². The Labute approximate surface area is 157 Å². The van der Waals surface area contributed by atoms with Gasteiger partial charge < -0.3 is 9.64 Å². The molecule has 0 aliphatic carbocycles. The van der Waals surface area contributed by atoms with Gasteiger partial charge in [-0.15, -0.1) is 23.5 Å². The minimum Gasteiger partial charge on any atom is -0.484 e. The van der Waals surface area contributed by atoms with E-state index in [4.69, 9.17) is 4.74 Å². The van der Waals surface area contributed by atoms with E-state index in [1.54, 1.807) is 22.8 Å². The molecular formula is C18H23N3O2S2. The number of hydrogen-bond donors (Lipinski definition) is 0. The first-order valence-electron chi connectivity index (χ1n) is 8.29. The summed E-state index contributed by atoms with van der Waals surface area (Å²) in [6.07, 6.45) is 4.97. The van der Waals surface area contributed by atoms with Gasteiger partial charge in [0.25, 0.3) is 5.91 Å².